The summed E-state index contributed by atoms with van der Waals surface area (Å²) in [4.78, 5) is 0. The highest BCUT2D eigenvalue weighted by Crippen LogP contribution is 2.28. The molecule has 1 aliphatic heterocycles. The first-order valence-corrected chi connectivity index (χ1v) is 5.11. The van der Waals surface area contributed by atoms with Crippen LogP contribution in [0.4, 0.5) is 0 Å². The highest BCUT2D eigenvalue weighted by molar-refractivity contribution is 4.83. The molecule has 0 amide bonds. The average molecular weight is 187 g/mol. The van der Waals surface area contributed by atoms with Crippen molar-refractivity contribution >= 4 is 0 Å². The molecular weight excluding hydrogens is 166 g/mol. The Balaban J connectivity index is 2.36. The maximum atomic E-state index is 10.2. The summed E-state index contributed by atoms with van der Waals surface area (Å²) in [6.07, 6.45) is 2.98. The lowest BCUT2D eigenvalue weighted by molar-refractivity contribution is -0.0715. The summed E-state index contributed by atoms with van der Waals surface area (Å²) in [6.45, 7) is 4.36. The van der Waals surface area contributed by atoms with Crippen LogP contribution in [0, 0.1) is 5.92 Å². The Morgan fingerprint density at radius 1 is 1.62 bits per heavy atom. The first-order chi connectivity index (χ1) is 6.17. The van der Waals surface area contributed by atoms with Gasteiger partial charge >= 0.3 is 0 Å². The molecule has 2 atom stereocenters. The fraction of sp³-hybridized carbons (Fsp3) is 1.00. The van der Waals surface area contributed by atoms with E-state index in [1.54, 1.807) is 0 Å². The molecule has 1 rings (SSSR count). The zero-order valence-electron chi connectivity index (χ0n) is 8.68. The first-order valence-electron chi connectivity index (χ1n) is 5.11. The molecule has 3 heteroatoms. The molecule has 78 valence electrons. The van der Waals surface area contributed by atoms with Crippen LogP contribution in [0.1, 0.15) is 26.2 Å². The van der Waals surface area contributed by atoms with Crippen molar-refractivity contribution in [3.05, 3.63) is 0 Å². The Kier molecular flexibility index (Phi) is 4.16. The monoisotopic (exact) mass is 187 g/mol. The smallest absolute Gasteiger partial charge is 0.0681 e. The van der Waals surface area contributed by atoms with Crippen molar-refractivity contribution in [2.75, 3.05) is 26.8 Å². The highest BCUT2D eigenvalue weighted by Gasteiger charge is 2.32. The van der Waals surface area contributed by atoms with Crippen LogP contribution in [0.25, 0.3) is 0 Å². The van der Waals surface area contributed by atoms with E-state index in [9.17, 15) is 5.11 Å². The molecule has 0 aromatic carbocycles. The third kappa shape index (κ3) is 3.25. The molecular formula is C10H21NO2. The minimum atomic E-state index is -0.566. The predicted octanol–water partition coefficient (Wildman–Crippen LogP) is 0.773. The first kappa shape index (κ1) is 11.0. The molecule has 0 aliphatic carbocycles. The second kappa shape index (κ2) is 4.94. The highest BCUT2D eigenvalue weighted by atomic mass is 16.5. The topological polar surface area (TPSA) is 41.5 Å². The van der Waals surface area contributed by atoms with Crippen LogP contribution in [0.15, 0.2) is 0 Å². The second-order valence-electron chi connectivity index (χ2n) is 4.12. The van der Waals surface area contributed by atoms with Crippen molar-refractivity contribution in [1.82, 2.24) is 5.32 Å². The van der Waals surface area contributed by atoms with E-state index in [2.05, 4.69) is 5.32 Å². The molecule has 3 nitrogen and oxygen atoms in total. The number of hydrogen-bond donors (Lipinski definition) is 2. The number of ether oxygens (including phenoxy) is 1. The van der Waals surface area contributed by atoms with Gasteiger partial charge in [-0.15, -0.1) is 0 Å². The zero-order chi connectivity index (χ0) is 9.73. The fourth-order valence-corrected chi connectivity index (χ4v) is 1.81. The SMILES string of the molecule is CNCCC(C)(O)C1CCCOC1. The van der Waals surface area contributed by atoms with E-state index in [1.807, 2.05) is 14.0 Å². The third-order valence-corrected chi connectivity index (χ3v) is 2.92. The Labute approximate surface area is 80.5 Å². The molecule has 1 aliphatic rings. The minimum Gasteiger partial charge on any atom is -0.390 e. The molecule has 0 bridgehead atoms. The molecule has 0 radical (unpaired) electrons. The van der Waals surface area contributed by atoms with E-state index in [0.29, 0.717) is 5.92 Å². The van der Waals surface area contributed by atoms with Crippen LogP contribution >= 0.6 is 0 Å². The van der Waals surface area contributed by atoms with Gasteiger partial charge in [-0.2, -0.15) is 0 Å². The van der Waals surface area contributed by atoms with Crippen molar-refractivity contribution in [2.24, 2.45) is 5.92 Å². The van der Waals surface area contributed by atoms with Gasteiger partial charge in [-0.05, 0) is 39.8 Å². The van der Waals surface area contributed by atoms with Crippen LogP contribution in [-0.4, -0.2) is 37.5 Å². The maximum absolute atomic E-state index is 10.2. The van der Waals surface area contributed by atoms with Crippen LogP contribution in [-0.2, 0) is 4.74 Å². The van der Waals surface area contributed by atoms with Crippen molar-refractivity contribution in [3.8, 4) is 0 Å². The molecule has 1 saturated heterocycles. The van der Waals surface area contributed by atoms with Gasteiger partial charge in [-0.25, -0.2) is 0 Å². The molecule has 13 heavy (non-hydrogen) atoms. The van der Waals surface area contributed by atoms with Crippen molar-refractivity contribution in [1.29, 1.82) is 0 Å². The number of hydrogen-bond acceptors (Lipinski definition) is 3. The summed E-state index contributed by atoms with van der Waals surface area (Å²) >= 11 is 0. The summed E-state index contributed by atoms with van der Waals surface area (Å²) in [7, 11) is 1.91. The Hall–Kier alpha value is -0.120. The van der Waals surface area contributed by atoms with Gasteiger partial charge in [-0.1, -0.05) is 0 Å². The van der Waals surface area contributed by atoms with E-state index in [1.165, 1.54) is 0 Å². The van der Waals surface area contributed by atoms with Crippen LogP contribution in [0.3, 0.4) is 0 Å². The second-order valence-corrected chi connectivity index (χ2v) is 4.12. The van der Waals surface area contributed by atoms with Gasteiger partial charge in [0, 0.05) is 12.5 Å². The van der Waals surface area contributed by atoms with E-state index >= 15 is 0 Å². The average Bonchev–Trinajstić information content (AvgIpc) is 2.16. The predicted molar refractivity (Wildman–Crippen MR) is 52.7 cm³/mol. The van der Waals surface area contributed by atoms with Crippen molar-refractivity contribution in [3.63, 3.8) is 0 Å². The van der Waals surface area contributed by atoms with E-state index in [0.717, 1.165) is 39.0 Å². The fourth-order valence-electron chi connectivity index (χ4n) is 1.81. The minimum absolute atomic E-state index is 0.314. The molecule has 0 aromatic rings. The van der Waals surface area contributed by atoms with E-state index < -0.39 is 5.60 Å². The summed E-state index contributed by atoms with van der Waals surface area (Å²) in [5, 5.41) is 13.2. The largest absolute Gasteiger partial charge is 0.390 e. The van der Waals surface area contributed by atoms with Crippen molar-refractivity contribution in [2.45, 2.75) is 31.8 Å². The van der Waals surface area contributed by atoms with E-state index in [4.69, 9.17) is 4.74 Å². The lowest BCUT2D eigenvalue weighted by Gasteiger charge is -2.35. The molecule has 1 fully saturated rings. The molecule has 1 heterocycles. The lowest BCUT2D eigenvalue weighted by atomic mass is 9.82. The van der Waals surface area contributed by atoms with Crippen LogP contribution in [0.2, 0.25) is 0 Å². The maximum Gasteiger partial charge on any atom is 0.0681 e. The molecule has 2 unspecified atom stereocenters. The van der Waals surface area contributed by atoms with Gasteiger partial charge in [0.15, 0.2) is 0 Å². The normalized spacial score (nSPS) is 28.4. The standard InChI is InChI=1S/C10H21NO2/c1-10(12,5-6-11-2)9-4-3-7-13-8-9/h9,11-12H,3-8H2,1-2H3. The molecule has 0 spiro atoms. The van der Waals surface area contributed by atoms with Gasteiger partial charge in [0.05, 0.1) is 12.2 Å². The summed E-state index contributed by atoms with van der Waals surface area (Å²) in [5.74, 6) is 0.314. The van der Waals surface area contributed by atoms with Crippen LogP contribution < -0.4 is 5.32 Å². The quantitative estimate of drug-likeness (QED) is 0.683. The zero-order valence-corrected chi connectivity index (χ0v) is 8.68. The van der Waals surface area contributed by atoms with Gasteiger partial charge in [0.2, 0.25) is 0 Å². The van der Waals surface area contributed by atoms with Gasteiger partial charge in [0.1, 0.15) is 0 Å². The van der Waals surface area contributed by atoms with Gasteiger partial charge in [-0.3, -0.25) is 0 Å². The number of aliphatic hydroxyl groups is 1. The van der Waals surface area contributed by atoms with Gasteiger partial charge < -0.3 is 15.2 Å². The Bertz CT molecular complexity index is 142. The van der Waals surface area contributed by atoms with Crippen molar-refractivity contribution < 1.29 is 9.84 Å². The van der Waals surface area contributed by atoms with E-state index in [-0.39, 0.29) is 0 Å². The molecule has 0 aromatic heterocycles. The summed E-state index contributed by atoms with van der Waals surface area (Å²) in [5.41, 5.74) is -0.566. The van der Waals surface area contributed by atoms with Crippen LogP contribution in [0.5, 0.6) is 0 Å². The summed E-state index contributed by atoms with van der Waals surface area (Å²) in [6, 6.07) is 0. The van der Waals surface area contributed by atoms with Gasteiger partial charge in [0.25, 0.3) is 0 Å². The lowest BCUT2D eigenvalue weighted by Crippen LogP contribution is -2.41. The third-order valence-electron chi connectivity index (χ3n) is 2.92. The number of nitrogens with one attached hydrogen (secondary N) is 1. The Morgan fingerprint density at radius 2 is 2.38 bits per heavy atom. The summed E-state index contributed by atoms with van der Waals surface area (Å²) < 4.78 is 5.37. The number of rotatable bonds is 4. The molecule has 0 saturated carbocycles. The Morgan fingerprint density at radius 3 is 2.92 bits per heavy atom. The molecule has 2 N–H and O–H groups in total.